The van der Waals surface area contributed by atoms with Gasteiger partial charge in [-0.05, 0) is 105 Å². The van der Waals surface area contributed by atoms with Crippen LogP contribution in [0.1, 0.15) is 120 Å². The molecule has 4 heterocycles. The molecule has 0 spiro atoms. The highest BCUT2D eigenvalue weighted by Gasteiger charge is 2.61. The van der Waals surface area contributed by atoms with Crippen molar-refractivity contribution in [2.75, 3.05) is 27.8 Å². The lowest BCUT2D eigenvalue weighted by Gasteiger charge is -2.49. The van der Waals surface area contributed by atoms with E-state index in [1.807, 2.05) is 47.6 Å². The van der Waals surface area contributed by atoms with Crippen molar-refractivity contribution >= 4 is 41.0 Å². The van der Waals surface area contributed by atoms with Crippen molar-refractivity contribution in [1.29, 1.82) is 0 Å². The summed E-state index contributed by atoms with van der Waals surface area (Å²) in [6, 6.07) is 5.27. The molecule has 0 bridgehead atoms. The van der Waals surface area contributed by atoms with Crippen LogP contribution in [0.25, 0.3) is 0 Å². The Balaban J connectivity index is 1.42. The number of cyclic esters (lactones) is 1. The van der Waals surface area contributed by atoms with E-state index in [9.17, 15) is 14.7 Å². The first-order chi connectivity index (χ1) is 30.5. The minimum Gasteiger partial charge on any atom is -0.458 e. The smallest absolute Gasteiger partial charge is 0.410 e. The minimum absolute atomic E-state index is 0.0867. The molecule has 5 fully saturated rings. The number of aliphatic hydroxyl groups excluding tert-OH is 1. The Labute approximate surface area is 396 Å². The van der Waals surface area contributed by atoms with E-state index in [0.29, 0.717) is 28.9 Å². The van der Waals surface area contributed by atoms with Crippen LogP contribution in [0, 0.1) is 23.7 Å². The zero-order valence-corrected chi connectivity index (χ0v) is 42.4. The first-order valence-corrected chi connectivity index (χ1v) is 24.6. The number of ether oxygens (including phenoxy) is 8. The van der Waals surface area contributed by atoms with Crippen molar-refractivity contribution in [3.05, 3.63) is 33.8 Å². The van der Waals surface area contributed by atoms with Gasteiger partial charge in [-0.15, -0.1) is 0 Å². The van der Waals surface area contributed by atoms with Crippen LogP contribution >= 0.6 is 23.2 Å². The van der Waals surface area contributed by atoms with Crippen LogP contribution in [0.2, 0.25) is 10.0 Å². The van der Waals surface area contributed by atoms with Crippen LogP contribution in [-0.2, 0) is 53.9 Å². The average molecular weight is 956 g/mol. The number of halogens is 2. The Hall–Kier alpha value is -2.11. The number of amides is 1. The molecule has 16 heteroatoms. The molecule has 4 saturated heterocycles. The van der Waals surface area contributed by atoms with Crippen LogP contribution in [0.4, 0.5) is 4.79 Å². The monoisotopic (exact) mass is 954 g/mol. The van der Waals surface area contributed by atoms with Gasteiger partial charge in [-0.1, -0.05) is 57.0 Å². The lowest BCUT2D eigenvalue weighted by molar-refractivity contribution is -0.309. The van der Waals surface area contributed by atoms with Gasteiger partial charge in [0.25, 0.3) is 0 Å². The van der Waals surface area contributed by atoms with Gasteiger partial charge in [0.2, 0.25) is 0 Å². The van der Waals surface area contributed by atoms with Crippen LogP contribution in [0.3, 0.4) is 0 Å². The van der Waals surface area contributed by atoms with Crippen molar-refractivity contribution in [3.8, 4) is 0 Å². The average Bonchev–Trinajstić information content (AvgIpc) is 4.08. The number of carbonyl (C=O) groups excluding carboxylic acids is 3. The summed E-state index contributed by atoms with van der Waals surface area (Å²) in [5.74, 6) is -3.59. The van der Waals surface area contributed by atoms with Crippen LogP contribution in [-0.4, -0.2) is 145 Å². The summed E-state index contributed by atoms with van der Waals surface area (Å²) in [5.41, 5.74) is -2.73. The van der Waals surface area contributed by atoms with Gasteiger partial charge in [0, 0.05) is 63.4 Å². The van der Waals surface area contributed by atoms with E-state index in [0.717, 1.165) is 12.0 Å². The van der Waals surface area contributed by atoms with Crippen molar-refractivity contribution < 1.29 is 57.4 Å². The molecular weight excluding hydrogens is 879 g/mol. The molecule has 0 unspecified atom stereocenters. The van der Waals surface area contributed by atoms with Crippen LogP contribution < -0.4 is 0 Å². The number of nitrogens with zero attached hydrogens (tertiary/aromatic N) is 2. The second-order valence-corrected chi connectivity index (χ2v) is 21.3. The molecule has 14 nitrogen and oxygen atoms in total. The van der Waals surface area contributed by atoms with Crippen molar-refractivity contribution in [2.24, 2.45) is 23.7 Å². The topological polar surface area (TPSA) is 152 Å². The van der Waals surface area contributed by atoms with Gasteiger partial charge in [0.15, 0.2) is 18.2 Å². The molecule has 1 aromatic rings. The molecule has 0 aromatic heterocycles. The van der Waals surface area contributed by atoms with Crippen molar-refractivity contribution in [1.82, 2.24) is 9.80 Å². The highest BCUT2D eigenvalue weighted by molar-refractivity contribution is 6.42. The Morgan fingerprint density at radius 3 is 2.15 bits per heavy atom. The number of carbonyl (C=O) groups is 3. The zero-order chi connectivity index (χ0) is 47.9. The number of hydrogen-bond donors (Lipinski definition) is 1. The third-order valence-corrected chi connectivity index (χ3v) is 16.4. The number of hydrogen-bond acceptors (Lipinski definition) is 13. The van der Waals surface area contributed by atoms with Gasteiger partial charge < -0.3 is 47.9 Å². The van der Waals surface area contributed by atoms with E-state index in [4.69, 9.17) is 61.1 Å². The van der Waals surface area contributed by atoms with E-state index >= 15 is 4.79 Å². The number of ketones is 1. The van der Waals surface area contributed by atoms with E-state index in [1.165, 1.54) is 12.8 Å². The second-order valence-electron chi connectivity index (χ2n) is 20.5. The van der Waals surface area contributed by atoms with E-state index in [2.05, 4.69) is 18.9 Å². The summed E-state index contributed by atoms with van der Waals surface area (Å²) < 4.78 is 52.2. The molecule has 1 saturated carbocycles. The fraction of sp³-hybridized carbons (Fsp3) is 0.816. The number of methoxy groups -OCH3 is 2. The number of esters is 1. The third-order valence-electron chi connectivity index (χ3n) is 15.6. The number of rotatable bonds is 12. The Morgan fingerprint density at radius 2 is 1.54 bits per heavy atom. The van der Waals surface area contributed by atoms with E-state index in [1.54, 1.807) is 52.0 Å². The molecule has 1 aromatic carbocycles. The number of benzene rings is 1. The normalized spacial score (nSPS) is 42.4. The molecule has 65 heavy (non-hydrogen) atoms. The molecule has 4 aliphatic heterocycles. The zero-order valence-electron chi connectivity index (χ0n) is 40.8. The molecule has 1 aliphatic carbocycles. The van der Waals surface area contributed by atoms with Crippen molar-refractivity contribution in [3.63, 3.8) is 0 Å². The largest absolute Gasteiger partial charge is 0.458 e. The molecular formula is C49H76Cl2N2O12. The van der Waals surface area contributed by atoms with Crippen molar-refractivity contribution in [2.45, 2.75) is 205 Å². The fourth-order valence-corrected chi connectivity index (χ4v) is 11.8. The predicted molar refractivity (Wildman–Crippen MR) is 246 cm³/mol. The summed E-state index contributed by atoms with van der Waals surface area (Å²) in [7, 11) is 5.33. The summed E-state index contributed by atoms with van der Waals surface area (Å²) in [5, 5.41) is 11.9. The summed E-state index contributed by atoms with van der Waals surface area (Å²) in [6.45, 7) is 18.8. The second kappa shape index (κ2) is 20.9. The predicted octanol–water partition coefficient (Wildman–Crippen LogP) is 8.02. The van der Waals surface area contributed by atoms with Gasteiger partial charge in [-0.25, -0.2) is 4.79 Å². The van der Waals surface area contributed by atoms with E-state index in [-0.39, 0.29) is 43.7 Å². The van der Waals surface area contributed by atoms with Crippen LogP contribution in [0.5, 0.6) is 0 Å². The maximum Gasteiger partial charge on any atom is 0.410 e. The van der Waals surface area contributed by atoms with Gasteiger partial charge in [-0.3, -0.25) is 14.5 Å². The van der Waals surface area contributed by atoms with Gasteiger partial charge >= 0.3 is 12.1 Å². The maximum absolute atomic E-state index is 15.1. The summed E-state index contributed by atoms with van der Waals surface area (Å²) in [4.78, 5) is 48.1. The fourth-order valence-electron chi connectivity index (χ4n) is 11.4. The summed E-state index contributed by atoms with van der Waals surface area (Å²) in [6.07, 6.45) is -1.59. The molecule has 1 amide bonds. The maximum atomic E-state index is 15.1. The first-order valence-electron chi connectivity index (χ1n) is 23.8. The SMILES string of the molecule is CC[C@@H]1OC(=O)[C@H](C)[C@@H](O[C@H]2C[C@@](C)(OC)[C@@H](O)[C@H](C)O2)[C@H](C)[C@@H](O[C@H]2C[C@@H](N(C)C3CC3)C[C@@H](C)O2)[C@@](C)(OC)C[C@@H](C)C(=O)[C@@H](C)[C@H]2N(CCc3ccc(Cl)c(Cl)c3)C(=O)O[C@]12C. The number of aliphatic hydroxyl groups is 1. The molecule has 5 aliphatic rings. The van der Waals surface area contributed by atoms with Gasteiger partial charge in [0.05, 0.1) is 57.6 Å². The minimum atomic E-state index is -1.42. The van der Waals surface area contributed by atoms with Crippen LogP contribution in [0.15, 0.2) is 18.2 Å². The molecule has 1 N–H and O–H groups in total. The number of fused-ring (bicyclic) bond motifs is 1. The Bertz CT molecular complexity index is 1840. The summed E-state index contributed by atoms with van der Waals surface area (Å²) >= 11 is 12.6. The molecule has 17 atom stereocenters. The molecule has 0 radical (unpaired) electrons. The quantitative estimate of drug-likeness (QED) is 0.202. The Kier molecular flexibility index (Phi) is 16.8. The highest BCUT2D eigenvalue weighted by atomic mass is 35.5. The highest BCUT2D eigenvalue weighted by Crippen LogP contribution is 2.45. The lowest BCUT2D eigenvalue weighted by Crippen LogP contribution is -2.60. The first kappa shape index (κ1) is 52.3. The Morgan fingerprint density at radius 1 is 0.862 bits per heavy atom. The molecule has 6 rings (SSSR count). The molecule has 368 valence electrons. The van der Waals surface area contributed by atoms with Gasteiger partial charge in [-0.2, -0.15) is 0 Å². The number of Topliss-reactive ketones (excluding diaryl/α,β-unsaturated/α-hetero) is 1. The van der Waals surface area contributed by atoms with Gasteiger partial charge in [0.1, 0.15) is 18.0 Å². The standard InChI is InChI=1S/C49H76Cl2N2O12/c1-14-37-49(10)42(53(46(57)65-49)20-19-32-15-18-35(50)36(51)22-32)28(4)40(54)26(2)24-48(9,59-13)44(64-38-23-34(21-27(3)60-38)52(11)33-16-17-33)29(5)41(30(6)45(56)62-37)63-39-25-47(8,58-12)43(55)31(7)61-39/h15,18,22,26-31,33-34,37-39,41-44,55H,14,16-17,19-21,23-25H2,1-13H3/t26-,27-,28-,29+,30-,31+,34+,37+,38+,39+,41+,42-,43+,44-,47-,48+,49-/m1/s1. The van der Waals surface area contributed by atoms with E-state index < -0.39 is 102 Å². The lowest BCUT2D eigenvalue weighted by atomic mass is 9.73. The third kappa shape index (κ3) is 11.0.